The second kappa shape index (κ2) is 11.6. The molecule has 1 saturated heterocycles. The van der Waals surface area contributed by atoms with Crippen LogP contribution in [0.25, 0.3) is 0 Å². The number of benzene rings is 1. The van der Waals surface area contributed by atoms with Crippen LogP contribution in [0.15, 0.2) is 40.2 Å². The summed E-state index contributed by atoms with van der Waals surface area (Å²) in [5.41, 5.74) is -0.615. The molecule has 160 valence electrons. The van der Waals surface area contributed by atoms with E-state index < -0.39 is 15.6 Å². The Morgan fingerprint density at radius 1 is 1.32 bits per heavy atom. The van der Waals surface area contributed by atoms with Crippen LogP contribution in [0.4, 0.5) is 0 Å². The van der Waals surface area contributed by atoms with E-state index in [9.17, 15) is 8.42 Å². The van der Waals surface area contributed by atoms with Gasteiger partial charge in [-0.3, -0.25) is 4.99 Å². The van der Waals surface area contributed by atoms with Crippen molar-refractivity contribution >= 4 is 51.7 Å². The van der Waals surface area contributed by atoms with E-state index in [1.807, 2.05) is 38.6 Å². The van der Waals surface area contributed by atoms with Gasteiger partial charge in [0.05, 0.1) is 12.8 Å². The van der Waals surface area contributed by atoms with Gasteiger partial charge < -0.3 is 10.2 Å². The van der Waals surface area contributed by atoms with Crippen molar-refractivity contribution in [3.05, 3.63) is 30.3 Å². The van der Waals surface area contributed by atoms with Crippen LogP contribution in [0.1, 0.15) is 27.2 Å². The molecule has 1 unspecified atom stereocenters. The predicted molar refractivity (Wildman–Crippen MR) is 130 cm³/mol. The van der Waals surface area contributed by atoms with Gasteiger partial charge in [0, 0.05) is 35.8 Å². The number of halogens is 1. The molecule has 2 rings (SSSR count). The van der Waals surface area contributed by atoms with E-state index in [0.29, 0.717) is 12.5 Å². The monoisotopic (exact) mass is 540 g/mol. The Balaban J connectivity index is 0.00000392. The lowest BCUT2D eigenvalue weighted by molar-refractivity contribution is 0.446. The second-order valence-corrected chi connectivity index (χ2v) is 10.5. The van der Waals surface area contributed by atoms with Crippen molar-refractivity contribution in [3.8, 4) is 0 Å². The first-order chi connectivity index (χ1) is 12.7. The molecule has 1 aliphatic heterocycles. The zero-order chi connectivity index (χ0) is 19.9. The van der Waals surface area contributed by atoms with Crippen molar-refractivity contribution in [1.29, 1.82) is 0 Å². The van der Waals surface area contributed by atoms with Gasteiger partial charge in [0.25, 0.3) is 0 Å². The fourth-order valence-corrected chi connectivity index (χ4v) is 5.24. The number of aliphatic imine (C=N–C) groups is 1. The molecule has 0 aliphatic carbocycles. The zero-order valence-electron chi connectivity index (χ0n) is 17.1. The first-order valence-corrected chi connectivity index (χ1v) is 12.3. The largest absolute Gasteiger partial charge is 0.357 e. The molecule has 28 heavy (non-hydrogen) atoms. The summed E-state index contributed by atoms with van der Waals surface area (Å²) >= 11 is 1.91. The molecule has 1 aromatic carbocycles. The van der Waals surface area contributed by atoms with Crippen molar-refractivity contribution in [2.45, 2.75) is 37.6 Å². The molecule has 1 aromatic rings. The molecule has 9 heteroatoms. The lowest BCUT2D eigenvalue weighted by Gasteiger charge is -2.26. The third-order valence-corrected chi connectivity index (χ3v) is 6.40. The van der Waals surface area contributed by atoms with E-state index in [4.69, 9.17) is 4.99 Å². The maximum absolute atomic E-state index is 11.5. The number of sulfonamides is 1. The Morgan fingerprint density at radius 2 is 2.00 bits per heavy atom. The molecule has 0 amide bonds. The van der Waals surface area contributed by atoms with Gasteiger partial charge in [0.15, 0.2) is 5.96 Å². The molecule has 1 heterocycles. The number of guanidine groups is 1. The highest BCUT2D eigenvalue weighted by molar-refractivity contribution is 14.0. The van der Waals surface area contributed by atoms with E-state index in [2.05, 4.69) is 39.2 Å². The van der Waals surface area contributed by atoms with Gasteiger partial charge >= 0.3 is 0 Å². The van der Waals surface area contributed by atoms with E-state index >= 15 is 0 Å². The van der Waals surface area contributed by atoms with Crippen LogP contribution in [-0.2, 0) is 10.0 Å². The summed E-state index contributed by atoms with van der Waals surface area (Å²) in [4.78, 5) is 8.30. The highest BCUT2D eigenvalue weighted by atomic mass is 127. The predicted octanol–water partition coefficient (Wildman–Crippen LogP) is 3.01. The molecular weight excluding hydrogens is 507 g/mol. The first-order valence-electron chi connectivity index (χ1n) is 9.38. The maximum atomic E-state index is 11.5. The van der Waals surface area contributed by atoms with Gasteiger partial charge in [-0.2, -0.15) is 0 Å². The summed E-state index contributed by atoms with van der Waals surface area (Å²) in [5, 5.41) is 3.35. The zero-order valence-corrected chi connectivity index (χ0v) is 21.1. The normalized spacial score (nSPS) is 18.1. The highest BCUT2D eigenvalue weighted by Crippen LogP contribution is 2.26. The summed E-state index contributed by atoms with van der Waals surface area (Å²) in [6.45, 7) is 8.89. The van der Waals surface area contributed by atoms with E-state index in [1.165, 1.54) is 11.2 Å². The number of hydrogen-bond donors (Lipinski definition) is 2. The van der Waals surface area contributed by atoms with Gasteiger partial charge in [0.1, 0.15) is 0 Å². The molecule has 0 saturated carbocycles. The molecule has 2 N–H and O–H groups in total. The molecule has 1 aliphatic rings. The van der Waals surface area contributed by atoms with Gasteiger partial charge in [-0.1, -0.05) is 18.2 Å². The number of rotatable bonds is 8. The third kappa shape index (κ3) is 9.32. The standard InChI is InChI=1S/C19H32N4O2S2.HI/c1-5-20-18(21-15-19(2,3)22-27(4,24)25)23-12-11-16(13-23)14-26-17-9-7-6-8-10-17;/h6-10,16,22H,5,11-15H2,1-4H3,(H,20,21);1H. The topological polar surface area (TPSA) is 73.8 Å². The minimum atomic E-state index is -3.26. The Morgan fingerprint density at radius 3 is 2.61 bits per heavy atom. The van der Waals surface area contributed by atoms with Crippen LogP contribution >= 0.6 is 35.7 Å². The molecule has 0 spiro atoms. The van der Waals surface area contributed by atoms with Crippen molar-refractivity contribution in [3.63, 3.8) is 0 Å². The number of hydrogen-bond acceptors (Lipinski definition) is 4. The Labute approximate surface area is 191 Å². The lowest BCUT2D eigenvalue weighted by atomic mass is 10.1. The van der Waals surface area contributed by atoms with Gasteiger partial charge in [-0.25, -0.2) is 13.1 Å². The highest BCUT2D eigenvalue weighted by Gasteiger charge is 2.26. The molecule has 1 atom stereocenters. The molecule has 0 radical (unpaired) electrons. The third-order valence-electron chi connectivity index (χ3n) is 4.23. The minimum Gasteiger partial charge on any atom is -0.357 e. The Hall–Kier alpha value is -0.520. The number of thioether (sulfide) groups is 1. The van der Waals surface area contributed by atoms with Crippen molar-refractivity contribution < 1.29 is 8.42 Å². The fourth-order valence-electron chi connectivity index (χ4n) is 3.12. The second-order valence-electron chi connectivity index (χ2n) is 7.65. The SMILES string of the molecule is CCNC(=NCC(C)(C)NS(C)(=O)=O)N1CCC(CSc2ccccc2)C1.I. The Bertz CT molecular complexity index is 727. The fraction of sp³-hybridized carbons (Fsp3) is 0.632. The minimum absolute atomic E-state index is 0. The smallest absolute Gasteiger partial charge is 0.209 e. The van der Waals surface area contributed by atoms with Gasteiger partial charge in [-0.05, 0) is 45.2 Å². The summed E-state index contributed by atoms with van der Waals surface area (Å²) in [6, 6.07) is 10.5. The first kappa shape index (κ1) is 25.5. The van der Waals surface area contributed by atoms with Crippen LogP contribution in [0, 0.1) is 5.92 Å². The molecule has 6 nitrogen and oxygen atoms in total. The van der Waals surface area contributed by atoms with E-state index in [-0.39, 0.29) is 24.0 Å². The summed E-state index contributed by atoms with van der Waals surface area (Å²) < 4.78 is 25.7. The van der Waals surface area contributed by atoms with Crippen molar-refractivity contribution in [2.75, 3.05) is 38.2 Å². The van der Waals surface area contributed by atoms with E-state index in [1.54, 1.807) is 0 Å². The van der Waals surface area contributed by atoms with Crippen molar-refractivity contribution in [2.24, 2.45) is 10.9 Å². The molecule has 0 bridgehead atoms. The number of nitrogens with one attached hydrogen (secondary N) is 2. The lowest BCUT2D eigenvalue weighted by Crippen LogP contribution is -2.47. The molecular formula is C19H33IN4O2S2. The van der Waals surface area contributed by atoms with Crippen LogP contribution in [0.2, 0.25) is 0 Å². The molecule has 0 aromatic heterocycles. The van der Waals surface area contributed by atoms with Gasteiger partial charge in [-0.15, -0.1) is 35.7 Å². The quantitative estimate of drug-likeness (QED) is 0.230. The van der Waals surface area contributed by atoms with Crippen LogP contribution < -0.4 is 10.0 Å². The summed E-state index contributed by atoms with van der Waals surface area (Å²) in [7, 11) is -3.26. The average molecular weight is 541 g/mol. The maximum Gasteiger partial charge on any atom is 0.209 e. The van der Waals surface area contributed by atoms with Crippen molar-refractivity contribution in [1.82, 2.24) is 14.9 Å². The van der Waals surface area contributed by atoms with Crippen LogP contribution in [0.5, 0.6) is 0 Å². The average Bonchev–Trinajstić information content (AvgIpc) is 3.04. The summed E-state index contributed by atoms with van der Waals surface area (Å²) in [5.74, 6) is 2.59. The van der Waals surface area contributed by atoms with Crippen LogP contribution in [-0.4, -0.2) is 63.0 Å². The Kier molecular flexibility index (Phi) is 10.6. The number of nitrogens with zero attached hydrogens (tertiary/aromatic N) is 2. The van der Waals surface area contributed by atoms with Gasteiger partial charge in [0.2, 0.25) is 10.0 Å². The summed E-state index contributed by atoms with van der Waals surface area (Å²) in [6.07, 6.45) is 2.33. The molecule has 1 fully saturated rings. The van der Waals surface area contributed by atoms with Crippen LogP contribution in [0.3, 0.4) is 0 Å². The van der Waals surface area contributed by atoms with E-state index in [0.717, 1.165) is 37.8 Å². The number of likely N-dealkylation sites (tertiary alicyclic amines) is 1.